The molecule has 3 aromatic rings. The highest BCUT2D eigenvalue weighted by Gasteiger charge is 2.25. The van der Waals surface area contributed by atoms with E-state index in [1.807, 2.05) is 59.5 Å². The molecule has 0 aromatic heterocycles. The zero-order valence-corrected chi connectivity index (χ0v) is 16.5. The highest BCUT2D eigenvalue weighted by molar-refractivity contribution is 9.10. The Labute approximate surface area is 167 Å². The van der Waals surface area contributed by atoms with E-state index < -0.39 is 0 Å². The van der Waals surface area contributed by atoms with Gasteiger partial charge in [-0.1, -0.05) is 48.5 Å². The van der Waals surface area contributed by atoms with Crippen molar-refractivity contribution in [2.45, 2.75) is 12.8 Å². The average Bonchev–Trinajstić information content (AvgIpc) is 3.13. The first-order chi connectivity index (χ1) is 13.2. The fraction of sp³-hybridized carbons (Fsp3) is 0.174. The van der Waals surface area contributed by atoms with Crippen LogP contribution in [0.3, 0.4) is 0 Å². The number of fused-ring (bicyclic) bond motifs is 1. The molecule has 1 aliphatic heterocycles. The van der Waals surface area contributed by atoms with Crippen molar-refractivity contribution in [3.05, 3.63) is 94.0 Å². The molecule has 1 heterocycles. The van der Waals surface area contributed by atoms with Crippen molar-refractivity contribution in [2.75, 3.05) is 18.1 Å². The van der Waals surface area contributed by atoms with Gasteiger partial charge in [-0.15, -0.1) is 0 Å². The Kier molecular flexibility index (Phi) is 5.26. The molecule has 0 N–H and O–H groups in total. The van der Waals surface area contributed by atoms with Crippen LogP contribution in [0.4, 0.5) is 5.69 Å². The van der Waals surface area contributed by atoms with Gasteiger partial charge in [0.15, 0.2) is 0 Å². The average molecular weight is 422 g/mol. The Bertz CT molecular complexity index is 956. The summed E-state index contributed by atoms with van der Waals surface area (Å²) < 4.78 is 6.69. The minimum Gasteiger partial charge on any atom is -0.492 e. The Morgan fingerprint density at radius 3 is 2.59 bits per heavy atom. The lowest BCUT2D eigenvalue weighted by Gasteiger charge is -2.18. The molecule has 0 unspecified atom stereocenters. The first-order valence-corrected chi connectivity index (χ1v) is 9.88. The minimum atomic E-state index is 0.0245. The molecule has 0 saturated carbocycles. The van der Waals surface area contributed by atoms with Crippen molar-refractivity contribution in [1.29, 1.82) is 0 Å². The van der Waals surface area contributed by atoms with Crippen molar-refractivity contribution in [3.63, 3.8) is 0 Å². The number of benzene rings is 3. The number of ether oxygens (including phenoxy) is 1. The normalized spacial score (nSPS) is 12.7. The van der Waals surface area contributed by atoms with Gasteiger partial charge in [0.25, 0.3) is 5.91 Å². The molecule has 4 rings (SSSR count). The molecule has 0 spiro atoms. The third-order valence-corrected chi connectivity index (χ3v) is 5.42. The summed E-state index contributed by atoms with van der Waals surface area (Å²) >= 11 is 3.55. The Morgan fingerprint density at radius 2 is 1.78 bits per heavy atom. The molecule has 0 radical (unpaired) electrons. The maximum Gasteiger partial charge on any atom is 0.258 e. The highest BCUT2D eigenvalue weighted by atomic mass is 79.9. The van der Waals surface area contributed by atoms with E-state index in [9.17, 15) is 4.79 Å². The lowest BCUT2D eigenvalue weighted by Crippen LogP contribution is -2.28. The smallest absolute Gasteiger partial charge is 0.258 e. The second kappa shape index (κ2) is 7.97. The lowest BCUT2D eigenvalue weighted by atomic mass is 10.1. The molecule has 3 nitrogen and oxygen atoms in total. The third-order valence-electron chi connectivity index (χ3n) is 4.80. The molecular formula is C23H20BrNO2. The molecular weight excluding hydrogens is 402 g/mol. The van der Waals surface area contributed by atoms with Crippen LogP contribution in [0.5, 0.6) is 5.75 Å². The number of para-hydroxylation sites is 1. The van der Waals surface area contributed by atoms with Crippen LogP contribution >= 0.6 is 15.9 Å². The molecule has 0 atom stereocenters. The zero-order valence-electron chi connectivity index (χ0n) is 14.9. The van der Waals surface area contributed by atoms with Gasteiger partial charge in [0, 0.05) is 24.2 Å². The minimum absolute atomic E-state index is 0.0245. The van der Waals surface area contributed by atoms with Gasteiger partial charge in [0.05, 0.1) is 11.1 Å². The van der Waals surface area contributed by atoms with Crippen molar-refractivity contribution < 1.29 is 9.53 Å². The summed E-state index contributed by atoms with van der Waals surface area (Å²) in [5.74, 6) is 0.779. The molecule has 27 heavy (non-hydrogen) atoms. The van der Waals surface area contributed by atoms with E-state index in [2.05, 4.69) is 34.1 Å². The molecule has 1 amide bonds. The van der Waals surface area contributed by atoms with E-state index in [1.54, 1.807) is 0 Å². The van der Waals surface area contributed by atoms with Crippen LogP contribution in [-0.4, -0.2) is 19.1 Å². The highest BCUT2D eigenvalue weighted by Crippen LogP contribution is 2.31. The summed E-state index contributed by atoms with van der Waals surface area (Å²) in [4.78, 5) is 14.8. The lowest BCUT2D eigenvalue weighted by molar-refractivity contribution is 0.0989. The topological polar surface area (TPSA) is 29.5 Å². The summed E-state index contributed by atoms with van der Waals surface area (Å²) in [6, 6.07) is 23.9. The summed E-state index contributed by atoms with van der Waals surface area (Å²) in [6.07, 6.45) is 1.75. The number of anilines is 1. The van der Waals surface area contributed by atoms with Crippen LogP contribution in [-0.2, 0) is 12.8 Å². The molecule has 0 aliphatic carbocycles. The number of nitrogens with zero attached hydrogens (tertiary/aromatic N) is 1. The molecule has 0 bridgehead atoms. The first kappa shape index (κ1) is 17.8. The van der Waals surface area contributed by atoms with Gasteiger partial charge in [-0.25, -0.2) is 0 Å². The molecule has 4 heteroatoms. The van der Waals surface area contributed by atoms with Crippen molar-refractivity contribution in [3.8, 4) is 5.75 Å². The van der Waals surface area contributed by atoms with Gasteiger partial charge >= 0.3 is 0 Å². The summed E-state index contributed by atoms with van der Waals surface area (Å²) in [5.41, 5.74) is 4.15. The van der Waals surface area contributed by atoms with Gasteiger partial charge in [0.1, 0.15) is 5.75 Å². The van der Waals surface area contributed by atoms with E-state index in [4.69, 9.17) is 4.74 Å². The van der Waals surface area contributed by atoms with Crippen LogP contribution in [0.1, 0.15) is 21.5 Å². The van der Waals surface area contributed by atoms with Gasteiger partial charge in [0.2, 0.25) is 0 Å². The number of amides is 1. The standard InChI is InChI=1S/C23H20BrNO2/c24-20-16-19(23(26)25-14-12-18-8-4-5-9-21(18)25)10-11-22(20)27-15-13-17-6-2-1-3-7-17/h1-11,16H,12-15H2. The number of carbonyl (C=O) groups is 1. The Balaban J connectivity index is 1.43. The van der Waals surface area contributed by atoms with Gasteiger partial charge in [-0.05, 0) is 57.7 Å². The van der Waals surface area contributed by atoms with Crippen molar-refractivity contribution >= 4 is 27.5 Å². The number of carbonyl (C=O) groups excluding carboxylic acids is 1. The second-order valence-electron chi connectivity index (χ2n) is 6.56. The Hall–Kier alpha value is -2.59. The second-order valence-corrected chi connectivity index (χ2v) is 7.42. The fourth-order valence-electron chi connectivity index (χ4n) is 3.38. The monoisotopic (exact) mass is 421 g/mol. The SMILES string of the molecule is O=C(c1ccc(OCCc2ccccc2)c(Br)c1)N1CCc2ccccc21. The number of halogens is 1. The molecule has 3 aromatic carbocycles. The Morgan fingerprint density at radius 1 is 1.00 bits per heavy atom. The maximum absolute atomic E-state index is 12.9. The number of hydrogen-bond donors (Lipinski definition) is 0. The maximum atomic E-state index is 12.9. The summed E-state index contributed by atoms with van der Waals surface area (Å²) in [7, 11) is 0. The summed E-state index contributed by atoms with van der Waals surface area (Å²) in [6.45, 7) is 1.32. The van der Waals surface area contributed by atoms with Crippen LogP contribution in [0, 0.1) is 0 Å². The van der Waals surface area contributed by atoms with E-state index in [1.165, 1.54) is 11.1 Å². The van der Waals surface area contributed by atoms with Gasteiger partial charge < -0.3 is 9.64 Å². The third kappa shape index (κ3) is 3.91. The van der Waals surface area contributed by atoms with Crippen molar-refractivity contribution in [2.24, 2.45) is 0 Å². The van der Waals surface area contributed by atoms with Crippen LogP contribution in [0.15, 0.2) is 77.3 Å². The number of hydrogen-bond acceptors (Lipinski definition) is 2. The van der Waals surface area contributed by atoms with E-state index in [0.717, 1.165) is 35.3 Å². The molecule has 0 saturated heterocycles. The zero-order chi connectivity index (χ0) is 18.6. The molecule has 136 valence electrons. The first-order valence-electron chi connectivity index (χ1n) is 9.08. The quantitative estimate of drug-likeness (QED) is 0.561. The predicted octanol–water partition coefficient (Wildman–Crippen LogP) is 5.27. The van der Waals surface area contributed by atoms with Gasteiger partial charge in [-0.2, -0.15) is 0 Å². The summed E-state index contributed by atoms with van der Waals surface area (Å²) in [5, 5.41) is 0. The van der Waals surface area contributed by atoms with Crippen LogP contribution in [0.2, 0.25) is 0 Å². The van der Waals surface area contributed by atoms with E-state index in [-0.39, 0.29) is 5.91 Å². The number of rotatable bonds is 5. The van der Waals surface area contributed by atoms with Crippen LogP contribution in [0.25, 0.3) is 0 Å². The fourth-order valence-corrected chi connectivity index (χ4v) is 3.87. The van der Waals surface area contributed by atoms with E-state index >= 15 is 0 Å². The largest absolute Gasteiger partial charge is 0.492 e. The van der Waals surface area contributed by atoms with Gasteiger partial charge in [-0.3, -0.25) is 4.79 Å². The van der Waals surface area contributed by atoms with Crippen molar-refractivity contribution in [1.82, 2.24) is 0 Å². The van der Waals surface area contributed by atoms with Crippen LogP contribution < -0.4 is 9.64 Å². The molecule has 1 aliphatic rings. The molecule has 0 fully saturated rings. The predicted molar refractivity (Wildman–Crippen MR) is 112 cm³/mol. The van der Waals surface area contributed by atoms with E-state index in [0.29, 0.717) is 12.2 Å².